The minimum absolute atomic E-state index is 0.598. The highest BCUT2D eigenvalue weighted by Gasteiger charge is 2.35. The highest BCUT2D eigenvalue weighted by atomic mass is 32.2. The molecular weight excluding hydrogens is 252 g/mol. The Bertz CT molecular complexity index is 264. The summed E-state index contributed by atoms with van der Waals surface area (Å²) in [6.45, 7) is 5.32. The van der Waals surface area contributed by atoms with E-state index in [1.165, 1.54) is 89.1 Å². The second-order valence-corrected chi connectivity index (χ2v) is 8.18. The van der Waals surface area contributed by atoms with Crippen LogP contribution in [0.25, 0.3) is 0 Å². The van der Waals surface area contributed by atoms with Gasteiger partial charge in [-0.2, -0.15) is 11.8 Å². The molecule has 2 saturated carbocycles. The molecule has 0 amide bonds. The van der Waals surface area contributed by atoms with Crippen molar-refractivity contribution in [2.75, 3.05) is 37.7 Å². The molecule has 0 bridgehead atoms. The Balaban J connectivity index is 1.58. The van der Waals surface area contributed by atoms with Gasteiger partial charge in [0.1, 0.15) is 0 Å². The average Bonchev–Trinajstić information content (AvgIpc) is 3.26. The molecule has 1 saturated heterocycles. The van der Waals surface area contributed by atoms with Gasteiger partial charge in [-0.05, 0) is 31.1 Å². The third-order valence-electron chi connectivity index (χ3n) is 5.17. The minimum atomic E-state index is 0.598. The van der Waals surface area contributed by atoms with E-state index in [-0.39, 0.29) is 0 Å². The zero-order valence-electron chi connectivity index (χ0n) is 12.3. The Morgan fingerprint density at radius 3 is 2.32 bits per heavy atom. The first kappa shape index (κ1) is 14.2. The van der Waals surface area contributed by atoms with Gasteiger partial charge in [0.2, 0.25) is 0 Å². The van der Waals surface area contributed by atoms with Crippen LogP contribution in [0.4, 0.5) is 0 Å². The van der Waals surface area contributed by atoms with Gasteiger partial charge in [0.05, 0.1) is 0 Å². The van der Waals surface area contributed by atoms with Gasteiger partial charge in [-0.1, -0.05) is 25.7 Å². The van der Waals surface area contributed by atoms with E-state index in [9.17, 15) is 0 Å². The molecule has 0 radical (unpaired) electrons. The molecule has 3 fully saturated rings. The molecule has 1 heterocycles. The van der Waals surface area contributed by atoms with Crippen LogP contribution < -0.4 is 5.32 Å². The smallest absolute Gasteiger partial charge is 0.00729 e. The average molecular weight is 282 g/mol. The van der Waals surface area contributed by atoms with Gasteiger partial charge in [0.25, 0.3) is 0 Å². The van der Waals surface area contributed by atoms with E-state index in [0.717, 1.165) is 6.04 Å². The number of rotatable bonds is 5. The van der Waals surface area contributed by atoms with Crippen LogP contribution in [0.5, 0.6) is 0 Å². The van der Waals surface area contributed by atoms with Gasteiger partial charge in [0.15, 0.2) is 0 Å². The molecule has 0 aromatic heterocycles. The van der Waals surface area contributed by atoms with Crippen molar-refractivity contribution in [2.24, 2.45) is 5.41 Å². The van der Waals surface area contributed by atoms with Crippen molar-refractivity contribution in [1.82, 2.24) is 10.2 Å². The van der Waals surface area contributed by atoms with Gasteiger partial charge in [-0.3, -0.25) is 0 Å². The summed E-state index contributed by atoms with van der Waals surface area (Å²) in [6.07, 6.45) is 11.7. The van der Waals surface area contributed by atoms with Crippen LogP contribution in [0.2, 0.25) is 0 Å². The summed E-state index contributed by atoms with van der Waals surface area (Å²) < 4.78 is 0. The quantitative estimate of drug-likeness (QED) is 0.780. The van der Waals surface area contributed by atoms with E-state index in [0.29, 0.717) is 5.41 Å². The first-order valence-corrected chi connectivity index (χ1v) is 9.55. The van der Waals surface area contributed by atoms with Crippen molar-refractivity contribution in [3.8, 4) is 0 Å². The van der Waals surface area contributed by atoms with Crippen LogP contribution in [-0.2, 0) is 0 Å². The summed E-state index contributed by atoms with van der Waals surface area (Å²) in [5, 5.41) is 3.85. The lowest BCUT2D eigenvalue weighted by atomic mass is 9.79. The molecule has 0 atom stereocenters. The van der Waals surface area contributed by atoms with E-state index in [1.54, 1.807) is 0 Å². The fourth-order valence-corrected chi connectivity index (χ4v) is 4.73. The molecule has 3 heteroatoms. The van der Waals surface area contributed by atoms with E-state index in [2.05, 4.69) is 22.0 Å². The highest BCUT2D eigenvalue weighted by molar-refractivity contribution is 7.99. The van der Waals surface area contributed by atoms with Crippen LogP contribution in [0, 0.1) is 5.41 Å². The second-order valence-electron chi connectivity index (χ2n) is 6.96. The number of nitrogens with one attached hydrogen (secondary N) is 1. The molecule has 3 rings (SSSR count). The van der Waals surface area contributed by atoms with Crippen molar-refractivity contribution in [3.05, 3.63) is 0 Å². The van der Waals surface area contributed by atoms with Gasteiger partial charge >= 0.3 is 0 Å². The second kappa shape index (κ2) is 6.82. The van der Waals surface area contributed by atoms with Gasteiger partial charge < -0.3 is 10.2 Å². The van der Waals surface area contributed by atoms with Gasteiger partial charge in [-0.25, -0.2) is 0 Å². The summed E-state index contributed by atoms with van der Waals surface area (Å²) in [4.78, 5) is 2.76. The Morgan fingerprint density at radius 1 is 1.00 bits per heavy atom. The Kier molecular flexibility index (Phi) is 5.10. The Hall–Kier alpha value is 0.270. The molecule has 110 valence electrons. The summed E-state index contributed by atoms with van der Waals surface area (Å²) in [5.41, 5.74) is 0.598. The Morgan fingerprint density at radius 2 is 1.68 bits per heavy atom. The summed E-state index contributed by atoms with van der Waals surface area (Å²) in [7, 11) is 0. The summed E-state index contributed by atoms with van der Waals surface area (Å²) in [6, 6.07) is 0.872. The van der Waals surface area contributed by atoms with E-state index in [4.69, 9.17) is 0 Å². The van der Waals surface area contributed by atoms with Crippen LogP contribution in [0.3, 0.4) is 0 Å². The standard InChI is InChI=1S/C16H30N2S/c1-2-4-8-16(7-3-1,13-17-15-5-6-15)14-18-9-11-19-12-10-18/h15,17H,1-14H2. The van der Waals surface area contributed by atoms with Crippen molar-refractivity contribution < 1.29 is 0 Å². The number of hydrogen-bond donors (Lipinski definition) is 1. The zero-order chi connectivity index (χ0) is 13.0. The fraction of sp³-hybridized carbons (Fsp3) is 1.00. The van der Waals surface area contributed by atoms with Gasteiger partial charge in [0, 0.05) is 43.7 Å². The maximum Gasteiger partial charge on any atom is 0.00729 e. The van der Waals surface area contributed by atoms with Crippen molar-refractivity contribution in [2.45, 2.75) is 57.4 Å². The first-order valence-electron chi connectivity index (χ1n) is 8.40. The minimum Gasteiger partial charge on any atom is -0.313 e. The van der Waals surface area contributed by atoms with Crippen molar-refractivity contribution in [1.29, 1.82) is 0 Å². The third-order valence-corrected chi connectivity index (χ3v) is 6.11. The maximum atomic E-state index is 3.85. The molecule has 2 nitrogen and oxygen atoms in total. The highest BCUT2D eigenvalue weighted by Crippen LogP contribution is 2.36. The predicted molar refractivity (Wildman–Crippen MR) is 84.9 cm³/mol. The lowest BCUT2D eigenvalue weighted by molar-refractivity contribution is 0.134. The first-order chi connectivity index (χ1) is 9.36. The van der Waals surface area contributed by atoms with E-state index in [1.807, 2.05) is 0 Å². The molecule has 0 spiro atoms. The van der Waals surface area contributed by atoms with Crippen LogP contribution >= 0.6 is 11.8 Å². The molecule has 0 aromatic carbocycles. The van der Waals surface area contributed by atoms with Crippen molar-refractivity contribution in [3.63, 3.8) is 0 Å². The largest absolute Gasteiger partial charge is 0.313 e. The molecule has 1 N–H and O–H groups in total. The summed E-state index contributed by atoms with van der Waals surface area (Å²) >= 11 is 2.13. The van der Waals surface area contributed by atoms with Crippen LogP contribution in [0.1, 0.15) is 51.4 Å². The van der Waals surface area contributed by atoms with E-state index >= 15 is 0 Å². The molecular formula is C16H30N2S. The predicted octanol–water partition coefficient (Wildman–Crippen LogP) is 3.13. The SMILES string of the molecule is C1CCCC(CNC2CC2)(CN2CCSCC2)CC1. The number of hydrogen-bond acceptors (Lipinski definition) is 3. The number of nitrogens with zero attached hydrogens (tertiary/aromatic N) is 1. The van der Waals surface area contributed by atoms with Crippen molar-refractivity contribution >= 4 is 11.8 Å². The summed E-state index contributed by atoms with van der Waals surface area (Å²) in [5.74, 6) is 2.71. The lowest BCUT2D eigenvalue weighted by Crippen LogP contribution is -2.47. The molecule has 0 unspecified atom stereocenters. The van der Waals surface area contributed by atoms with Crippen LogP contribution in [0.15, 0.2) is 0 Å². The normalized spacial score (nSPS) is 29.1. The zero-order valence-corrected chi connectivity index (χ0v) is 13.1. The fourth-order valence-electron chi connectivity index (χ4n) is 3.75. The topological polar surface area (TPSA) is 15.3 Å². The lowest BCUT2D eigenvalue weighted by Gasteiger charge is -2.39. The van der Waals surface area contributed by atoms with E-state index < -0.39 is 0 Å². The van der Waals surface area contributed by atoms with Crippen LogP contribution in [-0.4, -0.2) is 48.6 Å². The third kappa shape index (κ3) is 4.37. The Labute approximate surface area is 123 Å². The number of thioether (sulfide) groups is 1. The molecule has 3 aliphatic rings. The monoisotopic (exact) mass is 282 g/mol. The molecule has 2 aliphatic carbocycles. The molecule has 0 aromatic rings. The van der Waals surface area contributed by atoms with Gasteiger partial charge in [-0.15, -0.1) is 0 Å². The molecule has 1 aliphatic heterocycles. The molecule has 19 heavy (non-hydrogen) atoms. The maximum absolute atomic E-state index is 3.85.